The lowest BCUT2D eigenvalue weighted by atomic mass is 10.1. The number of hydrogen-bond acceptors (Lipinski definition) is 5. The van der Waals surface area contributed by atoms with E-state index in [0.29, 0.717) is 25.8 Å². The zero-order valence-corrected chi connectivity index (χ0v) is 16.2. The van der Waals surface area contributed by atoms with Crippen molar-refractivity contribution < 1.29 is 19.0 Å². The quantitative estimate of drug-likeness (QED) is 0.586. The third-order valence-electron chi connectivity index (χ3n) is 4.01. The average molecular weight is 351 g/mol. The van der Waals surface area contributed by atoms with Gasteiger partial charge in [-0.2, -0.15) is 0 Å². The Labute approximate surface area is 152 Å². The maximum Gasteiger partial charge on any atom is 0.309 e. The molecule has 5 heteroatoms. The SMILES string of the molecule is CCC(C)C(=O)OC(CNC(C)C)COc1ccc(CCOC)cc1. The fraction of sp³-hybridized carbons (Fsp3) is 0.650. The van der Waals surface area contributed by atoms with E-state index in [1.54, 1.807) is 7.11 Å². The lowest BCUT2D eigenvalue weighted by molar-refractivity contribution is -0.154. The molecule has 2 unspecified atom stereocenters. The molecule has 0 saturated heterocycles. The van der Waals surface area contributed by atoms with Crippen LogP contribution in [-0.4, -0.2) is 45.0 Å². The molecule has 142 valence electrons. The first kappa shape index (κ1) is 21.5. The van der Waals surface area contributed by atoms with Gasteiger partial charge in [0.2, 0.25) is 0 Å². The Hall–Kier alpha value is -1.59. The zero-order valence-electron chi connectivity index (χ0n) is 16.2. The van der Waals surface area contributed by atoms with E-state index in [9.17, 15) is 4.79 Å². The number of hydrogen-bond donors (Lipinski definition) is 1. The van der Waals surface area contributed by atoms with Crippen molar-refractivity contribution in [3.05, 3.63) is 29.8 Å². The summed E-state index contributed by atoms with van der Waals surface area (Å²) in [7, 11) is 1.70. The summed E-state index contributed by atoms with van der Waals surface area (Å²) >= 11 is 0. The highest BCUT2D eigenvalue weighted by Gasteiger charge is 2.19. The number of carbonyl (C=O) groups excluding carboxylic acids is 1. The number of carbonyl (C=O) groups is 1. The minimum Gasteiger partial charge on any atom is -0.490 e. The second kappa shape index (κ2) is 11.9. The Kier molecular flexibility index (Phi) is 10.2. The molecule has 0 aliphatic heterocycles. The van der Waals surface area contributed by atoms with Crippen molar-refractivity contribution in [1.29, 1.82) is 0 Å². The number of benzene rings is 1. The van der Waals surface area contributed by atoms with Crippen LogP contribution in [0.4, 0.5) is 0 Å². The van der Waals surface area contributed by atoms with E-state index in [2.05, 4.69) is 19.2 Å². The van der Waals surface area contributed by atoms with Gasteiger partial charge < -0.3 is 19.5 Å². The van der Waals surface area contributed by atoms with E-state index >= 15 is 0 Å². The van der Waals surface area contributed by atoms with E-state index in [4.69, 9.17) is 14.2 Å². The summed E-state index contributed by atoms with van der Waals surface area (Å²) in [6, 6.07) is 8.26. The summed E-state index contributed by atoms with van der Waals surface area (Å²) in [5.74, 6) is 0.508. The largest absolute Gasteiger partial charge is 0.490 e. The summed E-state index contributed by atoms with van der Waals surface area (Å²) in [6.45, 7) is 9.60. The third kappa shape index (κ3) is 8.89. The second-order valence-electron chi connectivity index (χ2n) is 6.63. The molecule has 0 aliphatic rings. The van der Waals surface area contributed by atoms with Gasteiger partial charge in [0.25, 0.3) is 0 Å². The summed E-state index contributed by atoms with van der Waals surface area (Å²) in [5, 5.41) is 3.31. The molecule has 0 aromatic heterocycles. The molecule has 0 heterocycles. The molecule has 25 heavy (non-hydrogen) atoms. The van der Waals surface area contributed by atoms with E-state index in [1.165, 1.54) is 5.56 Å². The molecule has 0 amide bonds. The highest BCUT2D eigenvalue weighted by molar-refractivity contribution is 5.72. The van der Waals surface area contributed by atoms with Gasteiger partial charge in [0.05, 0.1) is 12.5 Å². The molecule has 0 aliphatic carbocycles. The van der Waals surface area contributed by atoms with Crippen LogP contribution in [0, 0.1) is 5.92 Å². The molecule has 0 saturated carbocycles. The predicted molar refractivity (Wildman–Crippen MR) is 100.0 cm³/mol. The molecule has 0 bridgehead atoms. The van der Waals surface area contributed by atoms with Crippen LogP contribution in [0.15, 0.2) is 24.3 Å². The van der Waals surface area contributed by atoms with Gasteiger partial charge in [-0.1, -0.05) is 39.8 Å². The molecule has 0 spiro atoms. The number of ether oxygens (including phenoxy) is 3. The van der Waals surface area contributed by atoms with Gasteiger partial charge in [-0.05, 0) is 30.5 Å². The van der Waals surface area contributed by atoms with E-state index in [-0.39, 0.29) is 18.0 Å². The summed E-state index contributed by atoms with van der Waals surface area (Å²) in [6.07, 6.45) is 1.34. The van der Waals surface area contributed by atoms with Crippen molar-refractivity contribution in [3.8, 4) is 5.75 Å². The van der Waals surface area contributed by atoms with E-state index in [1.807, 2.05) is 38.1 Å². The van der Waals surface area contributed by atoms with Crippen molar-refractivity contribution in [2.75, 3.05) is 26.9 Å². The van der Waals surface area contributed by atoms with Gasteiger partial charge in [-0.15, -0.1) is 0 Å². The monoisotopic (exact) mass is 351 g/mol. The minimum absolute atomic E-state index is 0.0957. The van der Waals surface area contributed by atoms with E-state index < -0.39 is 0 Å². The lowest BCUT2D eigenvalue weighted by Gasteiger charge is -2.22. The molecular weight excluding hydrogens is 318 g/mol. The van der Waals surface area contributed by atoms with Crippen LogP contribution < -0.4 is 10.1 Å². The highest BCUT2D eigenvalue weighted by Crippen LogP contribution is 2.14. The molecule has 0 radical (unpaired) electrons. The van der Waals surface area contributed by atoms with E-state index in [0.717, 1.165) is 18.6 Å². The molecule has 2 atom stereocenters. The van der Waals surface area contributed by atoms with Crippen molar-refractivity contribution in [3.63, 3.8) is 0 Å². The fourth-order valence-electron chi connectivity index (χ4n) is 2.11. The number of esters is 1. The second-order valence-corrected chi connectivity index (χ2v) is 6.63. The first-order valence-electron chi connectivity index (χ1n) is 9.10. The lowest BCUT2D eigenvalue weighted by Crippen LogP contribution is -2.39. The van der Waals surface area contributed by atoms with Gasteiger partial charge >= 0.3 is 5.97 Å². The van der Waals surface area contributed by atoms with Gasteiger partial charge in [0.15, 0.2) is 0 Å². The first-order valence-corrected chi connectivity index (χ1v) is 9.10. The van der Waals surface area contributed by atoms with Crippen molar-refractivity contribution in [2.24, 2.45) is 5.92 Å². The van der Waals surface area contributed by atoms with Crippen LogP contribution in [0.2, 0.25) is 0 Å². The maximum absolute atomic E-state index is 12.1. The van der Waals surface area contributed by atoms with Gasteiger partial charge in [0, 0.05) is 19.7 Å². The van der Waals surface area contributed by atoms with Crippen molar-refractivity contribution in [1.82, 2.24) is 5.32 Å². The third-order valence-corrected chi connectivity index (χ3v) is 4.01. The molecule has 5 nitrogen and oxygen atoms in total. The summed E-state index contributed by atoms with van der Waals surface area (Å²) in [4.78, 5) is 12.1. The Morgan fingerprint density at radius 2 is 1.84 bits per heavy atom. The Morgan fingerprint density at radius 3 is 2.40 bits per heavy atom. The van der Waals surface area contributed by atoms with Crippen LogP contribution in [0.5, 0.6) is 5.75 Å². The number of methoxy groups -OCH3 is 1. The van der Waals surface area contributed by atoms with Gasteiger partial charge in [0.1, 0.15) is 18.5 Å². The number of nitrogens with one attached hydrogen (secondary N) is 1. The Morgan fingerprint density at radius 1 is 1.16 bits per heavy atom. The van der Waals surface area contributed by atoms with Crippen LogP contribution in [0.1, 0.15) is 39.7 Å². The fourth-order valence-corrected chi connectivity index (χ4v) is 2.11. The van der Waals surface area contributed by atoms with Crippen LogP contribution in [-0.2, 0) is 20.7 Å². The molecule has 1 aromatic carbocycles. The zero-order chi connectivity index (χ0) is 18.7. The van der Waals surface area contributed by atoms with Gasteiger partial charge in [-0.25, -0.2) is 0 Å². The Balaban J connectivity index is 2.56. The smallest absolute Gasteiger partial charge is 0.309 e. The van der Waals surface area contributed by atoms with Crippen LogP contribution in [0.3, 0.4) is 0 Å². The minimum atomic E-state index is -0.308. The highest BCUT2D eigenvalue weighted by atomic mass is 16.6. The predicted octanol–water partition coefficient (Wildman–Crippen LogP) is 3.21. The number of rotatable bonds is 12. The standard InChI is InChI=1S/C20H33NO4/c1-6-16(4)20(22)25-19(13-21-15(2)3)14-24-18-9-7-17(8-10-18)11-12-23-5/h7-10,15-16,19,21H,6,11-14H2,1-5H3. The molecular formula is C20H33NO4. The average Bonchev–Trinajstić information content (AvgIpc) is 2.62. The van der Waals surface area contributed by atoms with Crippen LogP contribution >= 0.6 is 0 Å². The molecule has 0 fully saturated rings. The Bertz CT molecular complexity index is 487. The maximum atomic E-state index is 12.1. The molecule has 1 N–H and O–H groups in total. The molecule has 1 rings (SSSR count). The summed E-state index contributed by atoms with van der Waals surface area (Å²) < 4.78 is 16.5. The van der Waals surface area contributed by atoms with Crippen molar-refractivity contribution in [2.45, 2.75) is 52.7 Å². The summed E-state index contributed by atoms with van der Waals surface area (Å²) in [5.41, 5.74) is 1.20. The van der Waals surface area contributed by atoms with Crippen LogP contribution in [0.25, 0.3) is 0 Å². The van der Waals surface area contributed by atoms with Crippen molar-refractivity contribution >= 4 is 5.97 Å². The first-order chi connectivity index (χ1) is 12.0. The van der Waals surface area contributed by atoms with Gasteiger partial charge in [-0.3, -0.25) is 4.79 Å². The molecule has 1 aromatic rings. The topological polar surface area (TPSA) is 56.8 Å². The normalized spacial score (nSPS) is 13.5.